The lowest BCUT2D eigenvalue weighted by Crippen LogP contribution is -2.39. The maximum absolute atomic E-state index is 6.06. The average Bonchev–Trinajstić information content (AvgIpc) is 2.39. The second-order valence-corrected chi connectivity index (χ2v) is 5.88. The molecule has 3 nitrogen and oxygen atoms in total. The summed E-state index contributed by atoms with van der Waals surface area (Å²) in [7, 11) is 3.88. The van der Waals surface area contributed by atoms with Crippen LogP contribution < -0.4 is 10.1 Å². The summed E-state index contributed by atoms with van der Waals surface area (Å²) >= 11 is 6.06. The van der Waals surface area contributed by atoms with E-state index in [2.05, 4.69) is 24.2 Å². The quantitative estimate of drug-likeness (QED) is 0.915. The summed E-state index contributed by atoms with van der Waals surface area (Å²) in [5.41, 5.74) is 0.982. The molecule has 2 rings (SSSR count). The fourth-order valence-electron chi connectivity index (χ4n) is 2.77. The molecule has 106 valence electrons. The maximum Gasteiger partial charge on any atom is 0.142 e. The number of anilines is 1. The topological polar surface area (TPSA) is 24.5 Å². The van der Waals surface area contributed by atoms with Gasteiger partial charge in [-0.15, -0.1) is 0 Å². The summed E-state index contributed by atoms with van der Waals surface area (Å²) in [6, 6.07) is 6.11. The summed E-state index contributed by atoms with van der Waals surface area (Å²) in [5, 5.41) is 4.29. The van der Waals surface area contributed by atoms with Crippen molar-refractivity contribution in [2.75, 3.05) is 32.6 Å². The Balaban J connectivity index is 2.05. The van der Waals surface area contributed by atoms with Gasteiger partial charge in [-0.1, -0.05) is 11.6 Å². The summed E-state index contributed by atoms with van der Waals surface area (Å²) in [6.07, 6.45) is 2.56. The average molecular weight is 283 g/mol. The van der Waals surface area contributed by atoms with Crippen LogP contribution in [0.1, 0.15) is 19.8 Å². The maximum atomic E-state index is 6.06. The van der Waals surface area contributed by atoms with Crippen LogP contribution >= 0.6 is 11.6 Å². The van der Waals surface area contributed by atoms with E-state index in [1.807, 2.05) is 18.2 Å². The molecule has 2 unspecified atom stereocenters. The van der Waals surface area contributed by atoms with Crippen molar-refractivity contribution in [2.45, 2.75) is 25.8 Å². The van der Waals surface area contributed by atoms with Gasteiger partial charge in [-0.25, -0.2) is 0 Å². The van der Waals surface area contributed by atoms with Crippen LogP contribution in [0, 0.1) is 5.92 Å². The highest BCUT2D eigenvalue weighted by molar-refractivity contribution is 6.30. The smallest absolute Gasteiger partial charge is 0.142 e. The van der Waals surface area contributed by atoms with E-state index in [1.54, 1.807) is 7.11 Å². The van der Waals surface area contributed by atoms with E-state index in [1.165, 1.54) is 19.4 Å². The van der Waals surface area contributed by atoms with E-state index in [9.17, 15) is 0 Å². The molecular weight excluding hydrogens is 260 g/mol. The molecule has 0 bridgehead atoms. The van der Waals surface area contributed by atoms with Crippen molar-refractivity contribution in [3.8, 4) is 5.75 Å². The zero-order chi connectivity index (χ0) is 13.8. The van der Waals surface area contributed by atoms with Gasteiger partial charge in [0.15, 0.2) is 0 Å². The van der Waals surface area contributed by atoms with Gasteiger partial charge in [0.2, 0.25) is 0 Å². The fraction of sp³-hybridized carbons (Fsp3) is 0.600. The standard InChI is InChI=1S/C15H23ClN2O/c1-11(12-5-4-8-18(2)10-12)17-14-9-13(16)6-7-15(14)19-3/h6-7,9,11-12,17H,4-5,8,10H2,1-3H3. The number of hydrogen-bond acceptors (Lipinski definition) is 3. The second kappa shape index (κ2) is 6.49. The van der Waals surface area contributed by atoms with Crippen LogP contribution in [0.4, 0.5) is 5.69 Å². The molecule has 0 saturated carbocycles. The monoisotopic (exact) mass is 282 g/mol. The van der Waals surface area contributed by atoms with Crippen LogP contribution in [0.2, 0.25) is 5.02 Å². The highest BCUT2D eigenvalue weighted by Crippen LogP contribution is 2.30. The van der Waals surface area contributed by atoms with Crippen molar-refractivity contribution < 1.29 is 4.74 Å². The van der Waals surface area contributed by atoms with Crippen LogP contribution in [0.5, 0.6) is 5.75 Å². The van der Waals surface area contributed by atoms with Gasteiger partial charge in [0.25, 0.3) is 0 Å². The zero-order valence-corrected chi connectivity index (χ0v) is 12.7. The van der Waals surface area contributed by atoms with Gasteiger partial charge in [-0.3, -0.25) is 0 Å². The second-order valence-electron chi connectivity index (χ2n) is 5.44. The first-order valence-corrected chi connectivity index (χ1v) is 7.26. The number of hydrogen-bond donors (Lipinski definition) is 1. The normalized spacial score (nSPS) is 22.0. The molecule has 1 aromatic rings. The predicted octanol–water partition coefficient (Wildman–Crippen LogP) is 3.49. The van der Waals surface area contributed by atoms with Gasteiger partial charge in [0.05, 0.1) is 12.8 Å². The van der Waals surface area contributed by atoms with Crippen LogP contribution in [0.15, 0.2) is 18.2 Å². The SMILES string of the molecule is COc1ccc(Cl)cc1NC(C)C1CCCN(C)C1. The Morgan fingerprint density at radius 3 is 2.95 bits per heavy atom. The van der Waals surface area contributed by atoms with Crippen molar-refractivity contribution in [1.29, 1.82) is 0 Å². The lowest BCUT2D eigenvalue weighted by atomic mass is 9.91. The van der Waals surface area contributed by atoms with Gasteiger partial charge in [-0.2, -0.15) is 0 Å². The molecule has 1 aliphatic heterocycles. The van der Waals surface area contributed by atoms with E-state index in [0.717, 1.165) is 23.0 Å². The fourth-order valence-corrected chi connectivity index (χ4v) is 2.94. The number of piperidine rings is 1. The van der Waals surface area contributed by atoms with E-state index < -0.39 is 0 Å². The van der Waals surface area contributed by atoms with Crippen molar-refractivity contribution in [3.05, 3.63) is 23.2 Å². The van der Waals surface area contributed by atoms with Crippen molar-refractivity contribution in [2.24, 2.45) is 5.92 Å². The third kappa shape index (κ3) is 3.77. The molecule has 0 aromatic heterocycles. The minimum absolute atomic E-state index is 0.412. The minimum atomic E-state index is 0.412. The molecule has 2 atom stereocenters. The first-order chi connectivity index (χ1) is 9.10. The Hall–Kier alpha value is -0.930. The first kappa shape index (κ1) is 14.5. The molecule has 1 heterocycles. The van der Waals surface area contributed by atoms with E-state index in [-0.39, 0.29) is 0 Å². The Kier molecular flexibility index (Phi) is 4.94. The predicted molar refractivity (Wildman–Crippen MR) is 81.3 cm³/mol. The summed E-state index contributed by atoms with van der Waals surface area (Å²) in [4.78, 5) is 2.40. The van der Waals surface area contributed by atoms with Gasteiger partial charge in [0, 0.05) is 17.6 Å². The third-order valence-corrected chi connectivity index (χ3v) is 4.15. The lowest BCUT2D eigenvalue weighted by Gasteiger charge is -2.34. The van der Waals surface area contributed by atoms with Crippen LogP contribution in [0.3, 0.4) is 0 Å². The number of likely N-dealkylation sites (tertiary alicyclic amines) is 1. The zero-order valence-electron chi connectivity index (χ0n) is 11.9. The van der Waals surface area contributed by atoms with Crippen LogP contribution in [-0.2, 0) is 0 Å². The summed E-state index contributed by atoms with van der Waals surface area (Å²) in [6.45, 7) is 4.60. The summed E-state index contributed by atoms with van der Waals surface area (Å²) in [5.74, 6) is 1.52. The molecule has 19 heavy (non-hydrogen) atoms. The van der Waals surface area contributed by atoms with E-state index in [0.29, 0.717) is 12.0 Å². The molecule has 4 heteroatoms. The van der Waals surface area contributed by atoms with Gasteiger partial charge in [-0.05, 0) is 57.5 Å². The molecule has 0 aliphatic carbocycles. The Morgan fingerprint density at radius 1 is 1.47 bits per heavy atom. The van der Waals surface area contributed by atoms with Crippen molar-refractivity contribution in [3.63, 3.8) is 0 Å². The largest absolute Gasteiger partial charge is 0.495 e. The van der Waals surface area contributed by atoms with Crippen LogP contribution in [-0.4, -0.2) is 38.2 Å². The lowest BCUT2D eigenvalue weighted by molar-refractivity contribution is 0.197. The number of nitrogens with zero attached hydrogens (tertiary/aromatic N) is 1. The number of rotatable bonds is 4. The molecular formula is C15H23ClN2O. The minimum Gasteiger partial charge on any atom is -0.495 e. The van der Waals surface area contributed by atoms with E-state index >= 15 is 0 Å². The molecule has 0 spiro atoms. The number of methoxy groups -OCH3 is 1. The molecule has 1 aromatic carbocycles. The summed E-state index contributed by atoms with van der Waals surface area (Å²) < 4.78 is 5.38. The van der Waals surface area contributed by atoms with Crippen molar-refractivity contribution in [1.82, 2.24) is 4.90 Å². The molecule has 1 saturated heterocycles. The highest BCUT2D eigenvalue weighted by Gasteiger charge is 2.23. The first-order valence-electron chi connectivity index (χ1n) is 6.88. The van der Waals surface area contributed by atoms with Crippen molar-refractivity contribution >= 4 is 17.3 Å². The Bertz CT molecular complexity index is 425. The van der Waals surface area contributed by atoms with Gasteiger partial charge >= 0.3 is 0 Å². The molecule has 1 aliphatic rings. The Morgan fingerprint density at radius 2 is 2.26 bits per heavy atom. The molecule has 0 radical (unpaired) electrons. The molecule has 1 N–H and O–H groups in total. The number of halogens is 1. The van der Waals surface area contributed by atoms with Gasteiger partial charge in [0.1, 0.15) is 5.75 Å². The third-order valence-electron chi connectivity index (χ3n) is 3.91. The van der Waals surface area contributed by atoms with Crippen LogP contribution in [0.25, 0.3) is 0 Å². The molecule has 1 fully saturated rings. The Labute approximate surface area is 120 Å². The number of ether oxygens (including phenoxy) is 1. The molecule has 0 amide bonds. The highest BCUT2D eigenvalue weighted by atomic mass is 35.5. The van der Waals surface area contributed by atoms with Gasteiger partial charge < -0.3 is 15.0 Å². The van der Waals surface area contributed by atoms with E-state index in [4.69, 9.17) is 16.3 Å². The number of nitrogens with one attached hydrogen (secondary N) is 1. The number of benzene rings is 1.